The lowest BCUT2D eigenvalue weighted by molar-refractivity contribution is 0.0948. The second-order valence-electron chi connectivity index (χ2n) is 8.15. The summed E-state index contributed by atoms with van der Waals surface area (Å²) in [6.07, 6.45) is 3.15. The Balaban J connectivity index is 1.57. The van der Waals surface area contributed by atoms with Gasteiger partial charge in [0.15, 0.2) is 0 Å². The molecule has 180 valence electrons. The number of benzene rings is 2. The van der Waals surface area contributed by atoms with Gasteiger partial charge in [0, 0.05) is 31.2 Å². The molecule has 2 aromatic carbocycles. The molecule has 4 rings (SSSR count). The van der Waals surface area contributed by atoms with Gasteiger partial charge in [0.2, 0.25) is 0 Å². The van der Waals surface area contributed by atoms with Gasteiger partial charge in [-0.15, -0.1) is 0 Å². The van der Waals surface area contributed by atoms with Gasteiger partial charge in [-0.05, 0) is 49.2 Å². The second kappa shape index (κ2) is 10.9. The van der Waals surface area contributed by atoms with Crippen molar-refractivity contribution in [1.82, 2.24) is 19.9 Å². The SMILES string of the molecule is CCN(CC)c1ncnc2ccc(CNC(=O)c3cccn([C@H](CO)c4ccccc4)c3=O)cc12. The zero-order valence-electron chi connectivity index (χ0n) is 19.9. The lowest BCUT2D eigenvalue weighted by Crippen LogP contribution is -2.35. The Morgan fingerprint density at radius 1 is 1.06 bits per heavy atom. The lowest BCUT2D eigenvalue weighted by Gasteiger charge is -2.21. The van der Waals surface area contributed by atoms with Crippen LogP contribution in [0.5, 0.6) is 0 Å². The van der Waals surface area contributed by atoms with E-state index in [9.17, 15) is 14.7 Å². The predicted octanol–water partition coefficient (Wildman–Crippen LogP) is 3.15. The number of hydrogen-bond acceptors (Lipinski definition) is 6. The van der Waals surface area contributed by atoms with Crippen LogP contribution in [-0.2, 0) is 6.54 Å². The van der Waals surface area contributed by atoms with Crippen molar-refractivity contribution in [1.29, 1.82) is 0 Å². The van der Waals surface area contributed by atoms with Gasteiger partial charge in [-0.2, -0.15) is 0 Å². The molecule has 0 unspecified atom stereocenters. The van der Waals surface area contributed by atoms with Gasteiger partial charge >= 0.3 is 0 Å². The number of hydrogen-bond donors (Lipinski definition) is 2. The van der Waals surface area contributed by atoms with Crippen molar-refractivity contribution in [2.75, 3.05) is 24.6 Å². The van der Waals surface area contributed by atoms with E-state index in [1.165, 1.54) is 10.6 Å². The molecule has 0 saturated heterocycles. The maximum Gasteiger partial charge on any atom is 0.264 e. The van der Waals surface area contributed by atoms with Crippen LogP contribution in [0.1, 0.15) is 41.4 Å². The Bertz CT molecular complexity index is 1370. The van der Waals surface area contributed by atoms with Gasteiger partial charge in [-0.3, -0.25) is 9.59 Å². The van der Waals surface area contributed by atoms with Crippen molar-refractivity contribution in [2.24, 2.45) is 0 Å². The molecular formula is C27H29N5O3. The highest BCUT2D eigenvalue weighted by molar-refractivity contribution is 5.94. The summed E-state index contributed by atoms with van der Waals surface area (Å²) in [5.74, 6) is 0.387. The number of aliphatic hydroxyl groups excluding tert-OH is 1. The Kier molecular flexibility index (Phi) is 7.52. The average Bonchev–Trinajstić information content (AvgIpc) is 2.90. The van der Waals surface area contributed by atoms with Gasteiger partial charge in [0.05, 0.1) is 18.2 Å². The van der Waals surface area contributed by atoms with Crippen molar-refractivity contribution >= 4 is 22.6 Å². The summed E-state index contributed by atoms with van der Waals surface area (Å²) in [7, 11) is 0. The van der Waals surface area contributed by atoms with Crippen molar-refractivity contribution in [3.8, 4) is 0 Å². The van der Waals surface area contributed by atoms with E-state index in [0.29, 0.717) is 0 Å². The minimum Gasteiger partial charge on any atom is -0.394 e. The highest BCUT2D eigenvalue weighted by atomic mass is 16.3. The molecule has 2 heterocycles. The van der Waals surface area contributed by atoms with Crippen LogP contribution in [0.3, 0.4) is 0 Å². The third-order valence-corrected chi connectivity index (χ3v) is 6.11. The quantitative estimate of drug-likeness (QED) is 0.389. The van der Waals surface area contributed by atoms with Crippen LogP contribution in [0.4, 0.5) is 5.82 Å². The smallest absolute Gasteiger partial charge is 0.264 e. The molecule has 0 fully saturated rings. The molecule has 1 amide bonds. The molecule has 8 nitrogen and oxygen atoms in total. The van der Waals surface area contributed by atoms with E-state index in [1.807, 2.05) is 48.5 Å². The van der Waals surface area contributed by atoms with Gasteiger partial charge in [0.25, 0.3) is 11.5 Å². The van der Waals surface area contributed by atoms with E-state index in [4.69, 9.17) is 0 Å². The fourth-order valence-corrected chi connectivity index (χ4v) is 4.21. The Labute approximate surface area is 203 Å². The summed E-state index contributed by atoms with van der Waals surface area (Å²) in [6, 6.07) is 17.6. The number of nitrogens with one attached hydrogen (secondary N) is 1. The van der Waals surface area contributed by atoms with E-state index >= 15 is 0 Å². The lowest BCUT2D eigenvalue weighted by atomic mass is 10.1. The maximum atomic E-state index is 13.1. The molecule has 0 radical (unpaired) electrons. The predicted molar refractivity (Wildman–Crippen MR) is 137 cm³/mol. The van der Waals surface area contributed by atoms with Crippen LogP contribution in [0.15, 0.2) is 78.0 Å². The van der Waals surface area contributed by atoms with Crippen LogP contribution in [0.2, 0.25) is 0 Å². The molecule has 0 aliphatic rings. The molecule has 2 aromatic heterocycles. The minimum absolute atomic E-state index is 0.0230. The van der Waals surface area contributed by atoms with E-state index in [-0.39, 0.29) is 18.7 Å². The number of fused-ring (bicyclic) bond motifs is 1. The monoisotopic (exact) mass is 471 g/mol. The highest BCUT2D eigenvalue weighted by Gasteiger charge is 2.18. The first-order valence-electron chi connectivity index (χ1n) is 11.7. The zero-order valence-corrected chi connectivity index (χ0v) is 19.9. The van der Waals surface area contributed by atoms with Gasteiger partial charge in [-0.25, -0.2) is 9.97 Å². The standard InChI is InChI=1S/C27H29N5O3/c1-3-31(4-2)25-22-15-19(12-13-23(22)29-18-30-25)16-28-26(34)21-11-8-14-32(27(21)35)24(17-33)20-9-6-5-7-10-20/h5-15,18,24,33H,3-4,16-17H2,1-2H3,(H,28,34)/t24-/m1/s1. The number of aromatic nitrogens is 3. The Morgan fingerprint density at radius 2 is 1.83 bits per heavy atom. The van der Waals surface area contributed by atoms with Crippen LogP contribution in [0.25, 0.3) is 10.9 Å². The molecule has 0 aliphatic heterocycles. The number of amides is 1. The van der Waals surface area contributed by atoms with E-state index in [2.05, 4.69) is 34.0 Å². The van der Waals surface area contributed by atoms with Crippen LogP contribution >= 0.6 is 0 Å². The normalized spacial score (nSPS) is 11.9. The first-order valence-corrected chi connectivity index (χ1v) is 11.7. The summed E-state index contributed by atoms with van der Waals surface area (Å²) in [5, 5.41) is 13.7. The van der Waals surface area contributed by atoms with Gasteiger partial charge in [-0.1, -0.05) is 36.4 Å². The third-order valence-electron chi connectivity index (χ3n) is 6.11. The molecule has 0 spiro atoms. The van der Waals surface area contributed by atoms with E-state index in [1.54, 1.807) is 18.6 Å². The molecule has 4 aromatic rings. The summed E-state index contributed by atoms with van der Waals surface area (Å²) >= 11 is 0. The molecule has 8 heteroatoms. The molecule has 0 bridgehead atoms. The van der Waals surface area contributed by atoms with Crippen molar-refractivity contribution in [2.45, 2.75) is 26.4 Å². The molecule has 35 heavy (non-hydrogen) atoms. The van der Waals surface area contributed by atoms with Crippen LogP contribution in [-0.4, -0.2) is 45.2 Å². The van der Waals surface area contributed by atoms with Crippen molar-refractivity contribution in [3.63, 3.8) is 0 Å². The first-order chi connectivity index (χ1) is 17.1. The topological polar surface area (TPSA) is 100 Å². The minimum atomic E-state index is -0.574. The van der Waals surface area contributed by atoms with Crippen LogP contribution < -0.4 is 15.8 Å². The fourth-order valence-electron chi connectivity index (χ4n) is 4.21. The summed E-state index contributed by atoms with van der Waals surface area (Å²) < 4.78 is 1.40. The third kappa shape index (κ3) is 5.07. The number of anilines is 1. The summed E-state index contributed by atoms with van der Waals surface area (Å²) in [5.41, 5.74) is 2.07. The second-order valence-corrected chi connectivity index (χ2v) is 8.15. The highest BCUT2D eigenvalue weighted by Crippen LogP contribution is 2.24. The number of rotatable bonds is 9. The Hall–Kier alpha value is -4.04. The molecule has 1 atom stereocenters. The summed E-state index contributed by atoms with van der Waals surface area (Å²) in [6.45, 7) is 5.78. The van der Waals surface area contributed by atoms with E-state index in [0.717, 1.165) is 40.9 Å². The number of pyridine rings is 1. The zero-order chi connectivity index (χ0) is 24.8. The number of aliphatic hydroxyl groups is 1. The Morgan fingerprint density at radius 3 is 2.54 bits per heavy atom. The number of nitrogens with zero attached hydrogens (tertiary/aromatic N) is 4. The average molecular weight is 472 g/mol. The largest absolute Gasteiger partial charge is 0.394 e. The fraction of sp³-hybridized carbons (Fsp3) is 0.259. The first kappa shape index (κ1) is 24.1. The molecule has 2 N–H and O–H groups in total. The van der Waals surface area contributed by atoms with Gasteiger partial charge < -0.3 is 19.9 Å². The van der Waals surface area contributed by atoms with Crippen LogP contribution in [0, 0.1) is 0 Å². The number of carbonyl (C=O) groups is 1. The van der Waals surface area contributed by atoms with Gasteiger partial charge in [0.1, 0.15) is 17.7 Å². The van der Waals surface area contributed by atoms with Crippen molar-refractivity contribution in [3.05, 3.63) is 100 Å². The maximum absolute atomic E-state index is 13.1. The number of carbonyl (C=O) groups excluding carboxylic acids is 1. The van der Waals surface area contributed by atoms with E-state index < -0.39 is 17.5 Å². The molecule has 0 saturated carbocycles. The van der Waals surface area contributed by atoms with Crippen molar-refractivity contribution < 1.29 is 9.90 Å². The molecular weight excluding hydrogens is 442 g/mol. The molecule has 0 aliphatic carbocycles. The summed E-state index contributed by atoms with van der Waals surface area (Å²) in [4.78, 5) is 37.1.